The molecule has 3 rings (SSSR count). The van der Waals surface area contributed by atoms with Crippen LogP contribution in [0.1, 0.15) is 105 Å². The van der Waals surface area contributed by atoms with Crippen molar-refractivity contribution in [3.8, 4) is 0 Å². The second-order valence-electron chi connectivity index (χ2n) is 14.6. The molecular weight excluding hydrogens is 841 g/mol. The number of carboxylic acids is 1. The Morgan fingerprint density at radius 3 is 1.44 bits per heavy atom. The zero-order chi connectivity index (χ0) is 50.4. The molecule has 2 atom stereocenters. The summed E-state index contributed by atoms with van der Waals surface area (Å²) in [5, 5.41) is 21.4. The number of ether oxygens (including phenoxy) is 2. The average Bonchev–Trinajstić information content (AvgIpc) is 3.31. The number of halogens is 3. The van der Waals surface area contributed by atoms with Gasteiger partial charge in [0.1, 0.15) is 43.6 Å². The molecule has 364 valence electrons. The summed E-state index contributed by atoms with van der Waals surface area (Å²) in [5.41, 5.74) is 14.0. The van der Waals surface area contributed by atoms with Crippen LogP contribution < -0.4 is 22.5 Å². The van der Waals surface area contributed by atoms with Crippen molar-refractivity contribution in [1.82, 2.24) is 15.3 Å². The molecule has 2 fully saturated rings. The predicted molar refractivity (Wildman–Crippen MR) is 229 cm³/mol. The number of carboxylic acid groups (broad SMARTS) is 1. The standard InChI is InChI=1S/C16H19N3O3.2C6H12O2.C3H8FNO.2C3H6FNO.C2H4O2.C2H4O/c20-14-9-8-13(16(22)19-11-5-4-10-18(14)19)17-15(21)12-6-2-1-3-7-12;2*1-5(7)8-6(2,3)4;3*4-1-3(6)2-5;1-2(3)4;1-2-3/h1-3,6-7,13H,4-5,8-11H2,(H,17,21);2*1-4H3;3,6H,1-2,5H2;2*1-2,5H2;1H3,(H,3,4);2H,1H3. The lowest BCUT2D eigenvalue weighted by molar-refractivity contribution is -0.165. The van der Waals surface area contributed by atoms with Gasteiger partial charge in [0.2, 0.25) is 5.91 Å². The van der Waals surface area contributed by atoms with Gasteiger partial charge >= 0.3 is 11.9 Å². The van der Waals surface area contributed by atoms with Gasteiger partial charge in [-0.05, 0) is 79.9 Å². The Balaban J connectivity index is -0.000000230. The third-order valence-electron chi connectivity index (χ3n) is 6.21. The van der Waals surface area contributed by atoms with Crippen LogP contribution in [0, 0.1) is 0 Å². The zero-order valence-electron chi connectivity index (χ0n) is 38.2. The summed E-state index contributed by atoms with van der Waals surface area (Å²) in [6.07, 6.45) is 2.22. The van der Waals surface area contributed by atoms with Gasteiger partial charge in [-0.2, -0.15) is 0 Å². The number of hydrogen-bond acceptors (Lipinski definition) is 15. The number of nitrogens with zero attached hydrogens (tertiary/aromatic N) is 2. The van der Waals surface area contributed by atoms with E-state index in [9.17, 15) is 46.7 Å². The number of fused-ring (bicyclic) bond motifs is 1. The Bertz CT molecular complexity index is 1420. The molecule has 2 aliphatic heterocycles. The lowest BCUT2D eigenvalue weighted by Gasteiger charge is -2.37. The fraction of sp³-hybridized carbons (Fsp3) is 0.634. The molecule has 1 aromatic carbocycles. The molecule has 2 unspecified atom stereocenters. The highest BCUT2D eigenvalue weighted by Crippen LogP contribution is 2.20. The Labute approximate surface area is 368 Å². The number of amides is 3. The molecule has 0 aliphatic carbocycles. The van der Waals surface area contributed by atoms with Gasteiger partial charge in [-0.1, -0.05) is 18.2 Å². The van der Waals surface area contributed by atoms with Crippen molar-refractivity contribution >= 4 is 53.5 Å². The average molecular weight is 913 g/mol. The fourth-order valence-corrected chi connectivity index (χ4v) is 3.95. The molecule has 19 nitrogen and oxygen atoms in total. The fourth-order valence-electron chi connectivity index (χ4n) is 3.95. The summed E-state index contributed by atoms with van der Waals surface area (Å²) >= 11 is 0. The molecule has 0 spiro atoms. The van der Waals surface area contributed by atoms with Gasteiger partial charge in [0.05, 0.1) is 19.2 Å². The molecule has 2 aliphatic rings. The summed E-state index contributed by atoms with van der Waals surface area (Å²) in [7, 11) is 0. The van der Waals surface area contributed by atoms with Crippen LogP contribution in [0.2, 0.25) is 0 Å². The number of aliphatic hydroxyl groups excluding tert-OH is 1. The van der Waals surface area contributed by atoms with Crippen molar-refractivity contribution in [1.29, 1.82) is 0 Å². The summed E-state index contributed by atoms with van der Waals surface area (Å²) in [5.74, 6) is -2.88. The predicted octanol–water partition coefficient (Wildman–Crippen LogP) is 2.18. The molecule has 2 saturated heterocycles. The smallest absolute Gasteiger partial charge is 0.303 e. The van der Waals surface area contributed by atoms with Gasteiger partial charge in [-0.15, -0.1) is 0 Å². The van der Waals surface area contributed by atoms with E-state index in [-0.39, 0.29) is 66.9 Å². The van der Waals surface area contributed by atoms with E-state index in [1.807, 2.05) is 47.6 Å². The van der Waals surface area contributed by atoms with Crippen molar-refractivity contribution < 1.29 is 76.0 Å². The van der Waals surface area contributed by atoms with Crippen LogP contribution in [-0.2, 0) is 47.8 Å². The highest BCUT2D eigenvalue weighted by molar-refractivity contribution is 5.98. The van der Waals surface area contributed by atoms with Crippen LogP contribution in [0.4, 0.5) is 13.2 Å². The van der Waals surface area contributed by atoms with E-state index in [4.69, 9.17) is 46.5 Å². The van der Waals surface area contributed by atoms with Gasteiger partial charge in [0, 0.05) is 52.4 Å². The van der Waals surface area contributed by atoms with Crippen molar-refractivity contribution in [2.24, 2.45) is 17.2 Å². The van der Waals surface area contributed by atoms with Crippen molar-refractivity contribution in [2.45, 2.75) is 118 Å². The minimum Gasteiger partial charge on any atom is -0.481 e. The SMILES string of the molecule is CC(=O)O.CC(=O)OC(C)(C)C.CC(=O)OC(C)(C)C.CC=O.NCC(=O)CF.NCC(=O)CF.NCC(O)CF.O=C(NC1CCC(=O)N2CCCCN2C1=O)c1ccccc1. The van der Waals surface area contributed by atoms with Gasteiger partial charge in [0.15, 0.2) is 11.6 Å². The number of alkyl halides is 3. The topological polar surface area (TPSA) is 309 Å². The number of hydrazine groups is 1. The number of aliphatic carboxylic acids is 1. The van der Waals surface area contributed by atoms with E-state index >= 15 is 0 Å². The summed E-state index contributed by atoms with van der Waals surface area (Å²) in [4.78, 5) is 94.6. The van der Waals surface area contributed by atoms with Gasteiger partial charge < -0.3 is 47.0 Å². The number of rotatable bonds is 8. The number of aliphatic hydroxyl groups is 1. The summed E-state index contributed by atoms with van der Waals surface area (Å²) < 4.78 is 42.6. The Hall–Kier alpha value is -5.32. The number of esters is 2. The van der Waals surface area contributed by atoms with Crippen LogP contribution in [-0.4, -0.2) is 150 Å². The first-order chi connectivity index (χ1) is 29.1. The Morgan fingerprint density at radius 1 is 0.810 bits per heavy atom. The monoisotopic (exact) mass is 913 g/mol. The summed E-state index contributed by atoms with van der Waals surface area (Å²) in [6.45, 7) is 14.6. The molecule has 9 N–H and O–H groups in total. The second-order valence-corrected chi connectivity index (χ2v) is 14.6. The van der Waals surface area contributed by atoms with E-state index in [1.54, 1.807) is 29.3 Å². The number of aldehydes is 1. The summed E-state index contributed by atoms with van der Waals surface area (Å²) in [6, 6.07) is 8.15. The molecular formula is C41H71F3N6O13. The molecule has 0 radical (unpaired) electrons. The van der Waals surface area contributed by atoms with Gasteiger partial charge in [-0.3, -0.25) is 43.4 Å². The lowest BCUT2D eigenvalue weighted by atomic mass is 10.1. The minimum absolute atomic E-state index is 0.0104. The normalized spacial score (nSPS) is 14.1. The number of nitrogens with one attached hydrogen (secondary N) is 1. The number of ketones is 2. The maximum Gasteiger partial charge on any atom is 0.303 e. The van der Waals surface area contributed by atoms with Crippen molar-refractivity contribution in [3.63, 3.8) is 0 Å². The Morgan fingerprint density at radius 2 is 1.19 bits per heavy atom. The second kappa shape index (κ2) is 39.5. The molecule has 63 heavy (non-hydrogen) atoms. The number of carbonyl (C=O) groups excluding carboxylic acids is 8. The van der Waals surface area contributed by atoms with Crippen LogP contribution in [0.25, 0.3) is 0 Å². The number of Topliss-reactive ketones (excluding diaryl/α,β-unsaturated/α-hetero) is 2. The van der Waals surface area contributed by atoms with Crippen LogP contribution in [0.5, 0.6) is 0 Å². The van der Waals surface area contributed by atoms with E-state index in [2.05, 4.69) is 5.32 Å². The maximum atomic E-state index is 12.6. The molecule has 3 amide bonds. The van der Waals surface area contributed by atoms with Crippen LogP contribution >= 0.6 is 0 Å². The van der Waals surface area contributed by atoms with Crippen molar-refractivity contribution in [3.05, 3.63) is 35.9 Å². The number of benzene rings is 1. The number of nitrogens with two attached hydrogens (primary N) is 3. The third kappa shape index (κ3) is 46.0. The van der Waals surface area contributed by atoms with E-state index in [0.717, 1.165) is 26.1 Å². The molecule has 0 aromatic heterocycles. The number of carbonyl (C=O) groups is 9. The van der Waals surface area contributed by atoms with Crippen LogP contribution in [0.15, 0.2) is 30.3 Å². The maximum absolute atomic E-state index is 12.6. The van der Waals surface area contributed by atoms with Gasteiger partial charge in [-0.25, -0.2) is 18.2 Å². The van der Waals surface area contributed by atoms with Crippen molar-refractivity contribution in [2.75, 3.05) is 52.7 Å². The number of hydrogen-bond donors (Lipinski definition) is 6. The molecule has 1 aromatic rings. The lowest BCUT2D eigenvalue weighted by Crippen LogP contribution is -2.56. The first kappa shape index (κ1) is 66.8. The highest BCUT2D eigenvalue weighted by atomic mass is 19.1. The highest BCUT2D eigenvalue weighted by Gasteiger charge is 2.37. The molecule has 22 heteroatoms. The third-order valence-corrected chi connectivity index (χ3v) is 6.21. The largest absolute Gasteiger partial charge is 0.481 e. The first-order valence-electron chi connectivity index (χ1n) is 19.5. The molecule has 0 bridgehead atoms. The quantitative estimate of drug-likeness (QED) is 0.161. The molecule has 0 saturated carbocycles. The van der Waals surface area contributed by atoms with Crippen LogP contribution in [0.3, 0.4) is 0 Å². The zero-order valence-corrected chi connectivity index (χ0v) is 38.2. The van der Waals surface area contributed by atoms with E-state index in [0.29, 0.717) is 25.1 Å². The first-order valence-corrected chi connectivity index (χ1v) is 19.5. The van der Waals surface area contributed by atoms with E-state index in [1.165, 1.54) is 25.8 Å². The van der Waals surface area contributed by atoms with Gasteiger partial charge in [0.25, 0.3) is 17.8 Å². The van der Waals surface area contributed by atoms with E-state index < -0.39 is 49.7 Å². The molecule has 2 heterocycles. The Kier molecular flexibility index (Phi) is 41.9. The minimum atomic E-state index is -0.954.